The molecule has 144 valence electrons. The summed E-state index contributed by atoms with van der Waals surface area (Å²) >= 11 is 0. The molecule has 29 heavy (non-hydrogen) atoms. The summed E-state index contributed by atoms with van der Waals surface area (Å²) < 4.78 is 33.0. The number of anilines is 1. The van der Waals surface area contributed by atoms with Crippen LogP contribution in [0.3, 0.4) is 0 Å². The average Bonchev–Trinajstić information content (AvgIpc) is 2.71. The van der Waals surface area contributed by atoms with Crippen LogP contribution < -0.4 is 10.9 Å². The van der Waals surface area contributed by atoms with Crippen molar-refractivity contribution in [2.45, 2.75) is 6.92 Å². The fourth-order valence-electron chi connectivity index (χ4n) is 2.72. The maximum atomic E-state index is 14.1. The van der Waals surface area contributed by atoms with E-state index in [0.717, 1.165) is 17.7 Å². The largest absolute Gasteiger partial charge is 0.438 e. The van der Waals surface area contributed by atoms with E-state index in [9.17, 15) is 13.6 Å². The zero-order chi connectivity index (χ0) is 20.4. The molecule has 2 aromatic carbocycles. The van der Waals surface area contributed by atoms with Gasteiger partial charge in [0.25, 0.3) is 5.91 Å². The van der Waals surface area contributed by atoms with E-state index >= 15 is 0 Å². The van der Waals surface area contributed by atoms with Gasteiger partial charge in [0, 0.05) is 17.6 Å². The topological polar surface area (TPSA) is 67.5 Å². The first-order chi connectivity index (χ1) is 14.0. The molecule has 0 saturated heterocycles. The van der Waals surface area contributed by atoms with Crippen LogP contribution in [-0.2, 0) is 0 Å². The quantitative estimate of drug-likeness (QED) is 0.540. The van der Waals surface area contributed by atoms with Crippen LogP contribution in [0.5, 0.6) is 0 Å². The minimum atomic E-state index is -0.861. The highest BCUT2D eigenvalue weighted by atomic mass is 19.1. The van der Waals surface area contributed by atoms with E-state index in [1.165, 1.54) is 6.07 Å². The van der Waals surface area contributed by atoms with Crippen molar-refractivity contribution < 1.29 is 18.0 Å². The maximum Gasteiger partial charge on any atom is 0.262 e. The lowest BCUT2D eigenvalue weighted by Crippen LogP contribution is -2.22. The molecule has 7 heteroatoms. The number of benzene rings is 2. The predicted molar refractivity (Wildman–Crippen MR) is 105 cm³/mol. The molecular weight excluding hydrogens is 376 g/mol. The highest BCUT2D eigenvalue weighted by molar-refractivity contribution is 6.04. The number of hydrogen-bond acceptors (Lipinski definition) is 4. The van der Waals surface area contributed by atoms with Gasteiger partial charge in [-0.2, -0.15) is 0 Å². The zero-order valence-electron chi connectivity index (χ0n) is 15.3. The second kappa shape index (κ2) is 7.63. The molecule has 0 aliphatic rings. The third-order valence-electron chi connectivity index (χ3n) is 4.19. The van der Waals surface area contributed by atoms with Gasteiger partial charge in [0.05, 0.1) is 0 Å². The molecule has 0 aliphatic carbocycles. The number of aromatic nitrogens is 1. The number of nitrogens with one attached hydrogen (secondary N) is 1. The number of amides is 1. The van der Waals surface area contributed by atoms with Gasteiger partial charge >= 0.3 is 0 Å². The average molecular weight is 391 g/mol. The summed E-state index contributed by atoms with van der Waals surface area (Å²) in [4.78, 5) is 21.1. The summed E-state index contributed by atoms with van der Waals surface area (Å²) in [5.74, 6) is -1.75. The van der Waals surface area contributed by atoms with Gasteiger partial charge in [-0.1, -0.05) is 24.3 Å². The van der Waals surface area contributed by atoms with E-state index in [1.807, 2.05) is 13.0 Å². The molecule has 1 N–H and O–H groups in total. The van der Waals surface area contributed by atoms with Gasteiger partial charge in [0.15, 0.2) is 5.82 Å². The summed E-state index contributed by atoms with van der Waals surface area (Å²) in [6.07, 6.45) is 1.62. The number of fused-ring (bicyclic) bond motifs is 1. The fourth-order valence-corrected chi connectivity index (χ4v) is 2.72. The number of halogens is 2. The standard InChI is InChI=1S/C22H15F2N3O2/c1-13-6-9-20(25-12-13)27-21(28)16-10-14-4-2-3-5-19(14)29-22(16)26-18-8-7-15(23)11-17(18)24/h2-12H,1H3,(H,25,27,28). The lowest BCUT2D eigenvalue weighted by Gasteiger charge is -2.07. The summed E-state index contributed by atoms with van der Waals surface area (Å²) in [6.45, 7) is 1.88. The van der Waals surface area contributed by atoms with Crippen LogP contribution in [0.15, 0.2) is 76.3 Å². The van der Waals surface area contributed by atoms with Gasteiger partial charge in [-0.05, 0) is 42.8 Å². The van der Waals surface area contributed by atoms with E-state index < -0.39 is 17.5 Å². The zero-order valence-corrected chi connectivity index (χ0v) is 15.3. The Labute approximate surface area is 164 Å². The van der Waals surface area contributed by atoms with Crippen LogP contribution >= 0.6 is 0 Å². The predicted octanol–water partition coefficient (Wildman–Crippen LogP) is 4.90. The Bertz CT molecular complexity index is 1280. The molecule has 0 spiro atoms. The molecule has 0 bridgehead atoms. The Hall–Kier alpha value is -3.87. The van der Waals surface area contributed by atoms with Crippen LogP contribution in [0.1, 0.15) is 15.9 Å². The van der Waals surface area contributed by atoms with Gasteiger partial charge in [-0.3, -0.25) is 4.79 Å². The number of para-hydroxylation sites is 1. The molecule has 5 nitrogen and oxygen atoms in total. The number of hydrogen-bond donors (Lipinski definition) is 1. The van der Waals surface area contributed by atoms with Crippen molar-refractivity contribution in [2.75, 3.05) is 5.32 Å². The molecule has 0 unspecified atom stereocenters. The van der Waals surface area contributed by atoms with Crippen molar-refractivity contribution in [1.29, 1.82) is 0 Å². The van der Waals surface area contributed by atoms with Crippen LogP contribution in [0, 0.1) is 18.6 Å². The number of nitrogens with zero attached hydrogens (tertiary/aromatic N) is 2. The summed E-state index contributed by atoms with van der Waals surface area (Å²) in [5, 5.41) is 3.35. The van der Waals surface area contributed by atoms with Crippen molar-refractivity contribution in [3.8, 4) is 0 Å². The molecule has 4 rings (SSSR count). The Morgan fingerprint density at radius 1 is 1.07 bits per heavy atom. The molecule has 2 heterocycles. The van der Waals surface area contributed by atoms with Gasteiger partial charge < -0.3 is 9.73 Å². The maximum absolute atomic E-state index is 14.1. The third kappa shape index (κ3) is 4.03. The van der Waals surface area contributed by atoms with Gasteiger partial charge in [-0.25, -0.2) is 18.8 Å². The van der Waals surface area contributed by atoms with E-state index in [-0.39, 0.29) is 16.8 Å². The SMILES string of the molecule is Cc1ccc(NC(=O)c2cc3ccccc3oc2=Nc2ccc(F)cc2F)nc1. The van der Waals surface area contributed by atoms with Crippen molar-refractivity contribution in [2.24, 2.45) is 4.99 Å². The molecule has 2 aromatic heterocycles. The smallest absolute Gasteiger partial charge is 0.262 e. The highest BCUT2D eigenvalue weighted by Gasteiger charge is 2.14. The molecule has 0 saturated carbocycles. The molecule has 0 atom stereocenters. The van der Waals surface area contributed by atoms with E-state index in [0.29, 0.717) is 16.8 Å². The fraction of sp³-hybridized carbons (Fsp3) is 0.0455. The summed E-state index contributed by atoms with van der Waals surface area (Å²) in [7, 11) is 0. The van der Waals surface area contributed by atoms with Gasteiger partial charge in [0.2, 0.25) is 5.55 Å². The minimum Gasteiger partial charge on any atom is -0.438 e. The van der Waals surface area contributed by atoms with Crippen LogP contribution in [0.4, 0.5) is 20.3 Å². The minimum absolute atomic E-state index is 0.0924. The van der Waals surface area contributed by atoms with E-state index in [4.69, 9.17) is 4.42 Å². The molecule has 0 aliphatic heterocycles. The van der Waals surface area contributed by atoms with Crippen molar-refractivity contribution in [3.63, 3.8) is 0 Å². The second-order valence-electron chi connectivity index (χ2n) is 6.39. The summed E-state index contributed by atoms with van der Waals surface area (Å²) in [5.41, 5.74) is 1.27. The first-order valence-corrected chi connectivity index (χ1v) is 8.76. The molecule has 4 aromatic rings. The monoisotopic (exact) mass is 391 g/mol. The third-order valence-corrected chi connectivity index (χ3v) is 4.19. The number of carbonyl (C=O) groups excluding carboxylic acids is 1. The number of aryl methyl sites for hydroxylation is 1. The Balaban J connectivity index is 1.84. The number of carbonyl (C=O) groups is 1. The number of rotatable bonds is 3. The highest BCUT2D eigenvalue weighted by Crippen LogP contribution is 2.19. The molecule has 1 amide bonds. The Morgan fingerprint density at radius 3 is 2.66 bits per heavy atom. The Kier molecular flexibility index (Phi) is 4.87. The lowest BCUT2D eigenvalue weighted by atomic mass is 10.1. The van der Waals surface area contributed by atoms with Gasteiger partial charge in [-0.15, -0.1) is 0 Å². The summed E-state index contributed by atoms with van der Waals surface area (Å²) in [6, 6.07) is 15.1. The molecular formula is C22H15F2N3O2. The van der Waals surface area contributed by atoms with Crippen LogP contribution in [0.2, 0.25) is 0 Å². The first kappa shape index (κ1) is 18.5. The van der Waals surface area contributed by atoms with Crippen molar-refractivity contribution >= 4 is 28.4 Å². The number of pyridine rings is 1. The molecule has 0 radical (unpaired) electrons. The van der Waals surface area contributed by atoms with E-state index in [1.54, 1.807) is 42.6 Å². The van der Waals surface area contributed by atoms with Crippen molar-refractivity contribution in [3.05, 3.63) is 95.2 Å². The molecule has 0 fully saturated rings. The Morgan fingerprint density at radius 2 is 1.90 bits per heavy atom. The lowest BCUT2D eigenvalue weighted by molar-refractivity contribution is 0.102. The normalized spacial score (nSPS) is 11.6. The van der Waals surface area contributed by atoms with Crippen molar-refractivity contribution in [1.82, 2.24) is 4.98 Å². The van der Waals surface area contributed by atoms with Crippen LogP contribution in [-0.4, -0.2) is 10.9 Å². The van der Waals surface area contributed by atoms with Gasteiger partial charge in [0.1, 0.15) is 28.5 Å². The second-order valence-corrected chi connectivity index (χ2v) is 6.39. The first-order valence-electron chi connectivity index (χ1n) is 8.76. The van der Waals surface area contributed by atoms with Crippen LogP contribution in [0.25, 0.3) is 11.0 Å². The van der Waals surface area contributed by atoms with E-state index in [2.05, 4.69) is 15.3 Å².